The summed E-state index contributed by atoms with van der Waals surface area (Å²) < 4.78 is 33.9. The molecule has 238 valence electrons. The number of pyridine rings is 1. The maximum atomic E-state index is 13.3. The van der Waals surface area contributed by atoms with Crippen LogP contribution < -0.4 is 14.8 Å². The van der Waals surface area contributed by atoms with Crippen LogP contribution in [0.4, 0.5) is 5.69 Å². The molecule has 1 unspecified atom stereocenters. The SMILES string of the molecule is O=C(NC(Cc1ccc(OCc2ccc(-c3ccccc3)cc2)cc1)C(=O)NS(=O)(=O)c1ccc(Cl)c([N+](=O)[O-])c1)c1cccnc1. The lowest BCUT2D eigenvalue weighted by atomic mass is 10.0. The van der Waals surface area contributed by atoms with Crippen LogP contribution in [0.15, 0.2) is 126 Å². The molecule has 1 aromatic heterocycles. The second-order valence-electron chi connectivity index (χ2n) is 10.3. The van der Waals surface area contributed by atoms with Crippen LogP contribution in [-0.4, -0.2) is 36.2 Å². The lowest BCUT2D eigenvalue weighted by molar-refractivity contribution is -0.384. The number of hydrogen-bond donors (Lipinski definition) is 2. The number of nitro groups is 1. The van der Waals surface area contributed by atoms with Gasteiger partial charge in [0.2, 0.25) is 0 Å². The van der Waals surface area contributed by atoms with Crippen molar-refractivity contribution in [3.05, 3.63) is 153 Å². The van der Waals surface area contributed by atoms with Gasteiger partial charge in [-0.3, -0.25) is 24.7 Å². The number of ether oxygens (including phenoxy) is 1. The Morgan fingerprint density at radius 3 is 2.21 bits per heavy atom. The predicted octanol–water partition coefficient (Wildman–Crippen LogP) is 5.74. The van der Waals surface area contributed by atoms with Crippen molar-refractivity contribution in [2.75, 3.05) is 0 Å². The molecule has 0 radical (unpaired) electrons. The Morgan fingerprint density at radius 1 is 0.872 bits per heavy atom. The molecule has 5 aromatic rings. The number of aromatic nitrogens is 1. The summed E-state index contributed by atoms with van der Waals surface area (Å²) in [5.41, 5.74) is 3.28. The van der Waals surface area contributed by atoms with Gasteiger partial charge in [0.25, 0.3) is 27.5 Å². The van der Waals surface area contributed by atoms with Crippen LogP contribution in [0, 0.1) is 10.1 Å². The number of hydrogen-bond acceptors (Lipinski definition) is 8. The number of carbonyl (C=O) groups excluding carboxylic acids is 2. The Balaban J connectivity index is 1.28. The van der Waals surface area contributed by atoms with Crippen molar-refractivity contribution in [2.24, 2.45) is 0 Å². The lowest BCUT2D eigenvalue weighted by Gasteiger charge is -2.19. The van der Waals surface area contributed by atoms with Gasteiger partial charge >= 0.3 is 0 Å². The molecule has 0 fully saturated rings. The van der Waals surface area contributed by atoms with Crippen molar-refractivity contribution < 1.29 is 27.7 Å². The zero-order valence-electron chi connectivity index (χ0n) is 24.6. The van der Waals surface area contributed by atoms with Gasteiger partial charge in [0.15, 0.2) is 0 Å². The number of amides is 2. The van der Waals surface area contributed by atoms with Crippen molar-refractivity contribution in [1.82, 2.24) is 15.0 Å². The van der Waals surface area contributed by atoms with Crippen LogP contribution in [0.5, 0.6) is 5.75 Å². The Labute approximate surface area is 275 Å². The lowest BCUT2D eigenvalue weighted by Crippen LogP contribution is -2.49. The van der Waals surface area contributed by atoms with Crippen LogP contribution >= 0.6 is 11.6 Å². The highest BCUT2D eigenvalue weighted by molar-refractivity contribution is 7.90. The number of carbonyl (C=O) groups is 2. The number of nitro benzene ring substituents is 1. The molecule has 1 heterocycles. The van der Waals surface area contributed by atoms with Crippen LogP contribution in [0.3, 0.4) is 0 Å². The average Bonchev–Trinajstić information content (AvgIpc) is 3.08. The highest BCUT2D eigenvalue weighted by Gasteiger charge is 2.28. The van der Waals surface area contributed by atoms with Crippen molar-refractivity contribution in [2.45, 2.75) is 24.0 Å². The Kier molecular flexibility index (Phi) is 10.2. The van der Waals surface area contributed by atoms with Crippen molar-refractivity contribution in [3.8, 4) is 16.9 Å². The summed E-state index contributed by atoms with van der Waals surface area (Å²) in [6, 6.07) is 29.3. The van der Waals surface area contributed by atoms with E-state index in [2.05, 4.69) is 10.3 Å². The summed E-state index contributed by atoms with van der Waals surface area (Å²) in [7, 11) is -4.58. The second-order valence-corrected chi connectivity index (χ2v) is 12.4. The Bertz CT molecular complexity index is 1990. The van der Waals surface area contributed by atoms with Gasteiger partial charge in [-0.25, -0.2) is 13.1 Å². The minimum absolute atomic E-state index is 0.0879. The molecule has 11 nitrogen and oxygen atoms in total. The molecule has 2 amide bonds. The van der Waals surface area contributed by atoms with Gasteiger partial charge in [-0.1, -0.05) is 78.3 Å². The van der Waals surface area contributed by atoms with Crippen LogP contribution in [0.1, 0.15) is 21.5 Å². The predicted molar refractivity (Wildman–Crippen MR) is 175 cm³/mol. The third-order valence-corrected chi connectivity index (χ3v) is 8.70. The molecule has 0 spiro atoms. The van der Waals surface area contributed by atoms with Crippen molar-refractivity contribution in [1.29, 1.82) is 0 Å². The van der Waals surface area contributed by atoms with Crippen molar-refractivity contribution in [3.63, 3.8) is 0 Å². The van der Waals surface area contributed by atoms with Crippen LogP contribution in [0.25, 0.3) is 11.1 Å². The molecule has 4 aromatic carbocycles. The van der Waals surface area contributed by atoms with E-state index in [-0.39, 0.29) is 17.0 Å². The van der Waals surface area contributed by atoms with E-state index in [1.807, 2.05) is 59.3 Å². The zero-order valence-corrected chi connectivity index (χ0v) is 26.1. The van der Waals surface area contributed by atoms with Gasteiger partial charge in [-0.2, -0.15) is 0 Å². The minimum atomic E-state index is -4.58. The second kappa shape index (κ2) is 14.7. The summed E-state index contributed by atoms with van der Waals surface area (Å²) in [5, 5.41) is 13.6. The molecular formula is C34H27ClN4O7S. The molecule has 5 rings (SSSR count). The fourth-order valence-corrected chi connectivity index (χ4v) is 5.78. The van der Waals surface area contributed by atoms with E-state index in [0.717, 1.165) is 34.9 Å². The third kappa shape index (κ3) is 8.57. The average molecular weight is 671 g/mol. The monoisotopic (exact) mass is 670 g/mol. The molecule has 0 bridgehead atoms. The standard InChI is InChI=1S/C34H27ClN4O7S/c35-30-17-16-29(20-32(30)39(42)43)47(44,45)38-34(41)31(37-33(40)27-7-4-18-36-21-27)19-23-10-14-28(15-11-23)46-22-24-8-12-26(13-9-24)25-5-2-1-3-6-25/h1-18,20-21,31H,19,22H2,(H,37,40)(H,38,41). The van der Waals surface area contributed by atoms with E-state index < -0.39 is 43.4 Å². The smallest absolute Gasteiger partial charge is 0.289 e. The van der Waals surface area contributed by atoms with Gasteiger partial charge in [0.1, 0.15) is 23.4 Å². The minimum Gasteiger partial charge on any atom is -0.489 e. The molecule has 13 heteroatoms. The van der Waals surface area contributed by atoms with E-state index >= 15 is 0 Å². The molecule has 2 N–H and O–H groups in total. The summed E-state index contributed by atoms with van der Waals surface area (Å²) in [4.78, 5) is 40.0. The fourth-order valence-electron chi connectivity index (χ4n) is 4.56. The summed E-state index contributed by atoms with van der Waals surface area (Å²) >= 11 is 5.81. The Morgan fingerprint density at radius 2 is 1.55 bits per heavy atom. The normalized spacial score (nSPS) is 11.7. The topological polar surface area (TPSA) is 158 Å². The molecule has 0 saturated heterocycles. The van der Waals surface area contributed by atoms with Gasteiger partial charge in [0.05, 0.1) is 15.4 Å². The van der Waals surface area contributed by atoms with Gasteiger partial charge in [-0.15, -0.1) is 0 Å². The number of halogens is 1. The quantitative estimate of drug-likeness (QED) is 0.126. The summed E-state index contributed by atoms with van der Waals surface area (Å²) in [6.45, 7) is 0.321. The highest BCUT2D eigenvalue weighted by atomic mass is 35.5. The summed E-state index contributed by atoms with van der Waals surface area (Å²) in [6.07, 6.45) is 2.69. The molecule has 1 atom stereocenters. The fraction of sp³-hybridized carbons (Fsp3) is 0.0882. The largest absolute Gasteiger partial charge is 0.489 e. The molecule has 0 aliphatic carbocycles. The summed E-state index contributed by atoms with van der Waals surface area (Å²) in [5.74, 6) is -1.15. The maximum absolute atomic E-state index is 13.3. The molecule has 0 saturated carbocycles. The van der Waals surface area contributed by atoms with Gasteiger partial charge in [-0.05, 0) is 58.7 Å². The first kappa shape index (κ1) is 32.8. The highest BCUT2D eigenvalue weighted by Crippen LogP contribution is 2.27. The van der Waals surface area contributed by atoms with Gasteiger partial charge in [0, 0.05) is 24.9 Å². The molecule has 47 heavy (non-hydrogen) atoms. The first-order valence-electron chi connectivity index (χ1n) is 14.2. The number of rotatable bonds is 12. The number of nitrogens with one attached hydrogen (secondary N) is 2. The zero-order chi connectivity index (χ0) is 33.4. The van der Waals surface area contributed by atoms with E-state index in [0.29, 0.717) is 17.9 Å². The van der Waals surface area contributed by atoms with E-state index in [4.69, 9.17) is 16.3 Å². The van der Waals surface area contributed by atoms with Gasteiger partial charge < -0.3 is 10.1 Å². The van der Waals surface area contributed by atoms with Crippen molar-refractivity contribution >= 4 is 39.1 Å². The molecule has 0 aliphatic rings. The van der Waals surface area contributed by atoms with Crippen LogP contribution in [-0.2, 0) is 27.8 Å². The number of sulfonamides is 1. The number of benzene rings is 4. The maximum Gasteiger partial charge on any atom is 0.289 e. The number of nitrogens with zero attached hydrogens (tertiary/aromatic N) is 2. The first-order valence-corrected chi connectivity index (χ1v) is 16.0. The third-order valence-electron chi connectivity index (χ3n) is 7.03. The van der Waals surface area contributed by atoms with Crippen LogP contribution in [0.2, 0.25) is 5.02 Å². The van der Waals surface area contributed by atoms with E-state index in [1.165, 1.54) is 24.5 Å². The van der Waals surface area contributed by atoms with E-state index in [9.17, 15) is 28.1 Å². The first-order chi connectivity index (χ1) is 22.6. The molecule has 0 aliphatic heterocycles. The molecular weight excluding hydrogens is 644 g/mol. The van der Waals surface area contributed by atoms with E-state index in [1.54, 1.807) is 24.3 Å². The Hall–Kier alpha value is -5.59.